The Labute approximate surface area is 142 Å². The van der Waals surface area contributed by atoms with Crippen molar-refractivity contribution < 1.29 is 35.8 Å². The number of halogens is 6. The van der Waals surface area contributed by atoms with Crippen LogP contribution in [0.1, 0.15) is 0 Å². The van der Waals surface area contributed by atoms with Crippen LogP contribution in [0.4, 0.5) is 26.3 Å². The minimum atomic E-state index is -2.56. The topological polar surface area (TPSA) is 18.5 Å². The van der Waals surface area contributed by atoms with Gasteiger partial charge in [-0.2, -0.15) is 26.3 Å². The molecule has 132 valence electrons. The van der Waals surface area contributed by atoms with E-state index in [9.17, 15) is 26.3 Å². The molecule has 0 unspecified atom stereocenters. The second-order valence-electron chi connectivity index (χ2n) is 4.32. The summed E-state index contributed by atoms with van der Waals surface area (Å²) in [5.74, 6) is -0.206. The summed E-state index contributed by atoms with van der Waals surface area (Å²) in [6, 6.07) is 7.29. The van der Waals surface area contributed by atoms with Gasteiger partial charge in [0.2, 0.25) is 0 Å². The van der Waals surface area contributed by atoms with Gasteiger partial charge in [0.05, 0.1) is 0 Å². The third-order valence-corrected chi connectivity index (χ3v) is 3.61. The Kier molecular flexibility index (Phi) is 6.40. The molecule has 0 bridgehead atoms. The largest absolute Gasteiger partial charge is 0.428 e. The van der Waals surface area contributed by atoms with E-state index in [2.05, 4.69) is 9.47 Å². The van der Waals surface area contributed by atoms with Crippen LogP contribution in [-0.2, 0) is 0 Å². The van der Waals surface area contributed by atoms with Crippen LogP contribution in [0.25, 0.3) is 0 Å². The van der Waals surface area contributed by atoms with Gasteiger partial charge < -0.3 is 9.47 Å². The molecule has 0 saturated heterocycles. The van der Waals surface area contributed by atoms with E-state index in [-0.39, 0.29) is 11.5 Å². The summed E-state index contributed by atoms with van der Waals surface area (Å²) in [6.07, 6.45) is -5.11. The van der Waals surface area contributed by atoms with Crippen molar-refractivity contribution in [3.05, 3.63) is 72.7 Å². The molecule has 0 aliphatic heterocycles. The number of ether oxygens (including phenoxy) is 2. The maximum atomic E-state index is 12.7. The second kappa shape index (κ2) is 8.52. The van der Waals surface area contributed by atoms with Gasteiger partial charge in [0.25, 0.3) is 0 Å². The molecule has 0 aliphatic rings. The minimum Gasteiger partial charge on any atom is -0.428 e. The molecule has 2 rings (SSSR count). The van der Waals surface area contributed by atoms with E-state index in [0.717, 1.165) is 0 Å². The molecule has 25 heavy (non-hydrogen) atoms. The van der Waals surface area contributed by atoms with E-state index in [1.807, 2.05) is 0 Å². The second-order valence-corrected chi connectivity index (χ2v) is 5.46. The first-order valence-corrected chi connectivity index (χ1v) is 7.32. The average molecular weight is 378 g/mol. The van der Waals surface area contributed by atoms with E-state index in [4.69, 9.17) is 0 Å². The highest BCUT2D eigenvalue weighted by atomic mass is 32.2. The van der Waals surface area contributed by atoms with Crippen LogP contribution in [-0.4, -0.2) is 0 Å². The molecule has 0 heterocycles. The number of hydrogen-bond acceptors (Lipinski definition) is 3. The highest BCUT2D eigenvalue weighted by molar-refractivity contribution is 7.99. The third-order valence-electron chi connectivity index (χ3n) is 2.60. The summed E-state index contributed by atoms with van der Waals surface area (Å²) >= 11 is 1.24. The monoisotopic (exact) mass is 378 g/mol. The molecule has 0 amide bonds. The fraction of sp³-hybridized carbons (Fsp3) is 0. The van der Waals surface area contributed by atoms with E-state index in [0.29, 0.717) is 9.79 Å². The molecular weight excluding hydrogens is 370 g/mol. The van der Waals surface area contributed by atoms with Crippen molar-refractivity contribution in [2.24, 2.45) is 0 Å². The molecule has 2 aromatic rings. The average Bonchev–Trinajstić information content (AvgIpc) is 2.58. The quantitative estimate of drug-likeness (QED) is 0.413. The van der Waals surface area contributed by atoms with Crippen LogP contribution in [0.15, 0.2) is 82.5 Å². The van der Waals surface area contributed by atoms with Crippen molar-refractivity contribution in [3.8, 4) is 11.5 Å². The predicted molar refractivity (Wildman–Crippen MR) is 79.0 cm³/mol. The van der Waals surface area contributed by atoms with Crippen molar-refractivity contribution in [1.82, 2.24) is 0 Å². The first-order chi connectivity index (χ1) is 11.8. The molecule has 0 saturated carbocycles. The molecule has 0 fully saturated rings. The van der Waals surface area contributed by atoms with Crippen LogP contribution in [0, 0.1) is 0 Å². The van der Waals surface area contributed by atoms with Crippen molar-refractivity contribution in [2.45, 2.75) is 9.79 Å². The van der Waals surface area contributed by atoms with Gasteiger partial charge >= 0.3 is 24.2 Å². The zero-order valence-electron chi connectivity index (χ0n) is 12.1. The Morgan fingerprint density at radius 2 is 0.880 bits per heavy atom. The zero-order valence-corrected chi connectivity index (χ0v) is 12.9. The molecule has 0 aliphatic carbocycles. The van der Waals surface area contributed by atoms with Gasteiger partial charge in [0.1, 0.15) is 11.5 Å². The van der Waals surface area contributed by atoms with Crippen LogP contribution in [0.3, 0.4) is 0 Å². The zero-order chi connectivity index (χ0) is 18.4. The van der Waals surface area contributed by atoms with E-state index >= 15 is 0 Å². The summed E-state index contributed by atoms with van der Waals surface area (Å²) in [5, 5.41) is 0. The predicted octanol–water partition coefficient (Wildman–Crippen LogP) is 6.67. The Bertz CT molecular complexity index is 712. The lowest BCUT2D eigenvalue weighted by molar-refractivity contribution is 0.241. The third kappa shape index (κ3) is 5.79. The highest BCUT2D eigenvalue weighted by Crippen LogP contribution is 2.31. The molecule has 2 nitrogen and oxygen atoms in total. The van der Waals surface area contributed by atoms with E-state index < -0.39 is 24.2 Å². The van der Waals surface area contributed by atoms with Crippen LogP contribution >= 0.6 is 11.8 Å². The van der Waals surface area contributed by atoms with Crippen molar-refractivity contribution >= 4 is 11.8 Å². The molecular formula is C16H8F6O2S. The number of rotatable bonds is 6. The Balaban J connectivity index is 2.00. The Morgan fingerprint density at radius 3 is 1.16 bits per heavy atom. The molecule has 0 atom stereocenters. The van der Waals surface area contributed by atoms with Gasteiger partial charge in [0.15, 0.2) is 0 Å². The summed E-state index contributed by atoms with van der Waals surface area (Å²) < 4.78 is 81.6. The minimum absolute atomic E-state index is 0.103. The molecule has 2 aromatic carbocycles. The van der Waals surface area contributed by atoms with E-state index in [1.165, 1.54) is 60.3 Å². The van der Waals surface area contributed by atoms with Crippen LogP contribution < -0.4 is 9.47 Å². The first-order valence-electron chi connectivity index (χ1n) is 6.50. The van der Waals surface area contributed by atoms with Crippen molar-refractivity contribution in [1.29, 1.82) is 0 Å². The van der Waals surface area contributed by atoms with Gasteiger partial charge in [-0.15, -0.1) is 0 Å². The molecule has 0 radical (unpaired) electrons. The molecule has 9 heteroatoms. The smallest absolute Gasteiger partial charge is 0.344 e. The normalized spacial score (nSPS) is 10.2. The summed E-state index contributed by atoms with van der Waals surface area (Å²) in [6.45, 7) is 0. The van der Waals surface area contributed by atoms with Crippen molar-refractivity contribution in [2.75, 3.05) is 0 Å². The lowest BCUT2D eigenvalue weighted by Gasteiger charge is -2.06. The maximum Gasteiger partial charge on any atom is 0.344 e. The van der Waals surface area contributed by atoms with Gasteiger partial charge in [-0.25, -0.2) is 0 Å². The van der Waals surface area contributed by atoms with Gasteiger partial charge in [-0.1, -0.05) is 11.8 Å². The Hall–Kier alpha value is -2.55. The Morgan fingerprint density at radius 1 is 0.560 bits per heavy atom. The SMILES string of the molecule is FC(F)=C(F)Oc1ccc(Sc2ccc(OC(F)=C(F)F)cc2)cc1. The molecule has 0 aromatic heterocycles. The fourth-order valence-electron chi connectivity index (χ4n) is 1.57. The summed E-state index contributed by atoms with van der Waals surface area (Å²) in [4.78, 5) is 1.35. The lowest BCUT2D eigenvalue weighted by Crippen LogP contribution is -1.90. The number of benzene rings is 2. The molecule has 0 spiro atoms. The lowest BCUT2D eigenvalue weighted by atomic mass is 10.3. The van der Waals surface area contributed by atoms with Crippen LogP contribution in [0.2, 0.25) is 0 Å². The van der Waals surface area contributed by atoms with Gasteiger partial charge in [-0.05, 0) is 48.5 Å². The maximum absolute atomic E-state index is 12.7. The summed E-state index contributed by atoms with van der Waals surface area (Å²) in [5.41, 5.74) is 0. The standard InChI is InChI=1S/C16H8F6O2S/c17-13(18)15(21)23-9-1-5-11(6-2-9)25-12-7-3-10(4-8-12)24-16(22)14(19)20/h1-8H. The number of hydrogen-bond donors (Lipinski definition) is 0. The fourth-order valence-corrected chi connectivity index (χ4v) is 2.39. The summed E-state index contributed by atoms with van der Waals surface area (Å²) in [7, 11) is 0. The van der Waals surface area contributed by atoms with Gasteiger partial charge in [0, 0.05) is 9.79 Å². The van der Waals surface area contributed by atoms with E-state index in [1.54, 1.807) is 0 Å². The van der Waals surface area contributed by atoms with Crippen molar-refractivity contribution in [3.63, 3.8) is 0 Å². The van der Waals surface area contributed by atoms with Gasteiger partial charge in [-0.3, -0.25) is 0 Å². The molecule has 0 N–H and O–H groups in total. The highest BCUT2D eigenvalue weighted by Gasteiger charge is 2.09. The van der Waals surface area contributed by atoms with Crippen LogP contribution in [0.5, 0.6) is 11.5 Å². The first kappa shape index (κ1) is 18.8.